The zero-order valence-electron chi connectivity index (χ0n) is 28.2. The van der Waals surface area contributed by atoms with Crippen molar-refractivity contribution in [2.24, 2.45) is 0 Å². The highest BCUT2D eigenvalue weighted by molar-refractivity contribution is 6.01. The molecular formula is C40H45N3O4. The molecule has 2 unspecified atom stereocenters. The predicted molar refractivity (Wildman–Crippen MR) is 189 cm³/mol. The SMILES string of the molecule is COc1ccc(C2CC(=O)C3=C(C2)Nc2ccccc2N(OCc2ccccc2)C3c2ccc(N(C(C)C)C(C)C)cc2OC)cc1. The van der Waals surface area contributed by atoms with Gasteiger partial charge in [-0.15, -0.1) is 0 Å². The monoisotopic (exact) mass is 631 g/mol. The number of hydrogen-bond donors (Lipinski definition) is 1. The highest BCUT2D eigenvalue weighted by atomic mass is 16.7. The van der Waals surface area contributed by atoms with Crippen molar-refractivity contribution in [2.75, 3.05) is 29.5 Å². The molecule has 47 heavy (non-hydrogen) atoms. The van der Waals surface area contributed by atoms with Gasteiger partial charge in [-0.1, -0.05) is 60.7 Å². The number of rotatable bonds is 10. The molecule has 244 valence electrons. The molecule has 7 heteroatoms. The number of carbonyl (C=O) groups excluding carboxylic acids is 1. The van der Waals surface area contributed by atoms with Crippen LogP contribution in [0, 0.1) is 0 Å². The molecule has 6 rings (SSSR count). The molecule has 7 nitrogen and oxygen atoms in total. The normalized spacial score (nSPS) is 17.6. The summed E-state index contributed by atoms with van der Waals surface area (Å²) in [5.74, 6) is 1.62. The highest BCUT2D eigenvalue weighted by Crippen LogP contribution is 2.49. The van der Waals surface area contributed by atoms with Gasteiger partial charge in [0.25, 0.3) is 0 Å². The van der Waals surface area contributed by atoms with Gasteiger partial charge in [-0.05, 0) is 81.5 Å². The molecule has 4 aromatic carbocycles. The maximum Gasteiger partial charge on any atom is 0.163 e. The van der Waals surface area contributed by atoms with E-state index in [1.807, 2.05) is 59.7 Å². The summed E-state index contributed by atoms with van der Waals surface area (Å²) in [6, 6.07) is 32.7. The Balaban J connectivity index is 1.51. The molecule has 0 bridgehead atoms. The maximum atomic E-state index is 14.5. The van der Waals surface area contributed by atoms with Crippen LogP contribution in [-0.4, -0.2) is 32.1 Å². The van der Waals surface area contributed by atoms with Gasteiger partial charge in [0.1, 0.15) is 17.5 Å². The summed E-state index contributed by atoms with van der Waals surface area (Å²) >= 11 is 0. The Morgan fingerprint density at radius 3 is 2.21 bits per heavy atom. The fourth-order valence-electron chi connectivity index (χ4n) is 7.09. The first-order chi connectivity index (χ1) is 22.8. The average Bonchev–Trinajstić information content (AvgIpc) is 3.22. The first-order valence-electron chi connectivity index (χ1n) is 16.5. The molecular weight excluding hydrogens is 586 g/mol. The Hall–Kier alpha value is -4.75. The first kappa shape index (κ1) is 32.2. The molecule has 2 aliphatic rings. The Morgan fingerprint density at radius 1 is 0.830 bits per heavy atom. The number of anilines is 3. The second-order valence-electron chi connectivity index (χ2n) is 12.8. The van der Waals surface area contributed by atoms with E-state index in [9.17, 15) is 4.79 Å². The summed E-state index contributed by atoms with van der Waals surface area (Å²) < 4.78 is 11.5. The van der Waals surface area contributed by atoms with Crippen molar-refractivity contribution < 1.29 is 19.1 Å². The van der Waals surface area contributed by atoms with E-state index >= 15 is 0 Å². The molecule has 0 amide bonds. The number of allylic oxidation sites excluding steroid dienone is 1. The van der Waals surface area contributed by atoms with Crippen LogP contribution in [0.3, 0.4) is 0 Å². The van der Waals surface area contributed by atoms with Crippen molar-refractivity contribution in [3.63, 3.8) is 0 Å². The lowest BCUT2D eigenvalue weighted by Crippen LogP contribution is -2.37. The van der Waals surface area contributed by atoms with Crippen LogP contribution in [0.4, 0.5) is 17.1 Å². The minimum absolute atomic E-state index is 0.0270. The van der Waals surface area contributed by atoms with Crippen LogP contribution >= 0.6 is 0 Å². The van der Waals surface area contributed by atoms with E-state index in [4.69, 9.17) is 14.3 Å². The van der Waals surface area contributed by atoms with E-state index in [0.717, 1.165) is 45.2 Å². The molecule has 0 saturated carbocycles. The number of ketones is 1. The summed E-state index contributed by atoms with van der Waals surface area (Å²) in [6.45, 7) is 9.13. The number of ether oxygens (including phenoxy) is 2. The third-order valence-corrected chi connectivity index (χ3v) is 9.17. The van der Waals surface area contributed by atoms with Crippen LogP contribution in [0.1, 0.15) is 69.2 Å². The van der Waals surface area contributed by atoms with Crippen LogP contribution in [-0.2, 0) is 16.2 Å². The molecule has 0 aromatic heterocycles. The number of fused-ring (bicyclic) bond motifs is 1. The number of hydrogen-bond acceptors (Lipinski definition) is 7. The maximum absolute atomic E-state index is 14.5. The molecule has 0 fully saturated rings. The molecule has 0 radical (unpaired) electrons. The summed E-state index contributed by atoms with van der Waals surface area (Å²) in [7, 11) is 3.37. The molecule has 2 atom stereocenters. The summed E-state index contributed by atoms with van der Waals surface area (Å²) in [5, 5.41) is 5.62. The fourth-order valence-corrected chi connectivity index (χ4v) is 7.09. The number of carbonyl (C=O) groups is 1. The molecule has 1 N–H and O–H groups in total. The highest BCUT2D eigenvalue weighted by Gasteiger charge is 2.41. The van der Waals surface area contributed by atoms with E-state index < -0.39 is 6.04 Å². The number of benzene rings is 4. The number of methoxy groups -OCH3 is 2. The van der Waals surface area contributed by atoms with E-state index in [0.29, 0.717) is 42.9 Å². The van der Waals surface area contributed by atoms with Gasteiger partial charge in [0, 0.05) is 47.1 Å². The number of hydroxylamine groups is 1. The molecule has 1 heterocycles. The lowest BCUT2D eigenvalue weighted by Gasteiger charge is -2.37. The Kier molecular flexibility index (Phi) is 9.55. The molecule has 1 aliphatic carbocycles. The summed E-state index contributed by atoms with van der Waals surface area (Å²) in [6.07, 6.45) is 1.07. The second kappa shape index (κ2) is 13.9. The van der Waals surface area contributed by atoms with Gasteiger partial charge in [-0.25, -0.2) is 5.06 Å². The Bertz CT molecular complexity index is 1720. The lowest BCUT2D eigenvalue weighted by atomic mass is 9.78. The van der Waals surface area contributed by atoms with E-state index in [1.165, 1.54) is 0 Å². The second-order valence-corrected chi connectivity index (χ2v) is 12.8. The van der Waals surface area contributed by atoms with Crippen LogP contribution in [0.5, 0.6) is 11.5 Å². The van der Waals surface area contributed by atoms with E-state index in [1.54, 1.807) is 14.2 Å². The number of nitrogens with one attached hydrogen (secondary N) is 1. The number of nitrogens with zero attached hydrogens (tertiary/aromatic N) is 2. The van der Waals surface area contributed by atoms with Gasteiger partial charge in [0.05, 0.1) is 32.2 Å². The third-order valence-electron chi connectivity index (χ3n) is 9.17. The molecule has 4 aromatic rings. The topological polar surface area (TPSA) is 63.3 Å². The van der Waals surface area contributed by atoms with Crippen LogP contribution in [0.25, 0.3) is 0 Å². The van der Waals surface area contributed by atoms with Gasteiger partial charge in [0.2, 0.25) is 0 Å². The predicted octanol–water partition coefficient (Wildman–Crippen LogP) is 8.83. The Labute approximate surface area is 278 Å². The Morgan fingerprint density at radius 2 is 1.53 bits per heavy atom. The van der Waals surface area contributed by atoms with E-state index in [-0.39, 0.29) is 11.7 Å². The average molecular weight is 632 g/mol. The third kappa shape index (κ3) is 6.58. The largest absolute Gasteiger partial charge is 0.497 e. The van der Waals surface area contributed by atoms with Crippen molar-refractivity contribution in [1.29, 1.82) is 0 Å². The van der Waals surface area contributed by atoms with Gasteiger partial charge in [-0.2, -0.15) is 0 Å². The van der Waals surface area contributed by atoms with Crippen molar-refractivity contribution in [2.45, 2.75) is 71.2 Å². The summed E-state index contributed by atoms with van der Waals surface area (Å²) in [5.41, 5.74) is 7.45. The zero-order valence-corrected chi connectivity index (χ0v) is 28.2. The van der Waals surface area contributed by atoms with Gasteiger partial charge in [0.15, 0.2) is 5.78 Å². The van der Waals surface area contributed by atoms with Gasteiger partial charge < -0.3 is 19.7 Å². The summed E-state index contributed by atoms with van der Waals surface area (Å²) in [4.78, 5) is 23.7. The van der Waals surface area contributed by atoms with Crippen molar-refractivity contribution in [3.8, 4) is 11.5 Å². The lowest BCUT2D eigenvalue weighted by molar-refractivity contribution is -0.117. The first-order valence-corrected chi connectivity index (χ1v) is 16.5. The van der Waals surface area contributed by atoms with E-state index in [2.05, 4.69) is 80.4 Å². The van der Waals surface area contributed by atoms with Crippen molar-refractivity contribution in [3.05, 3.63) is 125 Å². The van der Waals surface area contributed by atoms with Crippen molar-refractivity contribution in [1.82, 2.24) is 0 Å². The van der Waals surface area contributed by atoms with Crippen LogP contribution < -0.4 is 24.8 Å². The minimum atomic E-state index is -0.551. The molecule has 0 saturated heterocycles. The van der Waals surface area contributed by atoms with Gasteiger partial charge in [-0.3, -0.25) is 9.63 Å². The fraction of sp³-hybridized carbons (Fsp3) is 0.325. The molecule has 1 aliphatic heterocycles. The number of para-hydroxylation sites is 2. The standard InChI is InChI=1S/C40H45N3O4/c1-26(2)42(27(3)4)31-18-21-33(38(24-31)46-6)40-39-35(22-30(23-37(39)44)29-16-19-32(45-5)20-17-29)41-34-14-10-11-15-36(34)43(40)47-25-28-12-8-7-9-13-28/h7-21,24,26-27,30,40-41H,22-23,25H2,1-6H3. The molecule has 0 spiro atoms. The van der Waals surface area contributed by atoms with Crippen LogP contribution in [0.15, 0.2) is 108 Å². The van der Waals surface area contributed by atoms with Crippen molar-refractivity contribution >= 4 is 22.8 Å². The quantitative estimate of drug-likeness (QED) is 0.188. The number of Topliss-reactive ketones (excluding diaryl/α,β-unsaturated/α-hetero) is 1. The smallest absolute Gasteiger partial charge is 0.163 e. The van der Waals surface area contributed by atoms with Gasteiger partial charge >= 0.3 is 0 Å². The minimum Gasteiger partial charge on any atom is -0.497 e. The van der Waals surface area contributed by atoms with Crippen LogP contribution in [0.2, 0.25) is 0 Å². The zero-order chi connectivity index (χ0) is 33.1.